The Balaban J connectivity index is 1.94. The number of rotatable bonds is 3. The fourth-order valence-corrected chi connectivity index (χ4v) is 2.27. The number of benzene rings is 1. The Morgan fingerprint density at radius 2 is 1.89 bits per heavy atom. The minimum Gasteiger partial charge on any atom is -0.338 e. The quantitative estimate of drug-likeness (QED) is 0.815. The van der Waals surface area contributed by atoms with Crippen molar-refractivity contribution in [2.45, 2.75) is 25.6 Å². The van der Waals surface area contributed by atoms with E-state index in [9.17, 15) is 18.0 Å². The summed E-state index contributed by atoms with van der Waals surface area (Å²) in [6.07, 6.45) is -5.05. The molecule has 1 amide bonds. The molecule has 1 aromatic rings. The summed E-state index contributed by atoms with van der Waals surface area (Å²) >= 11 is 0. The molecule has 1 aliphatic heterocycles. The maximum Gasteiger partial charge on any atom is 0.389 e. The maximum absolute atomic E-state index is 12.3. The third-order valence-corrected chi connectivity index (χ3v) is 3.03. The van der Waals surface area contributed by atoms with Gasteiger partial charge in [0.05, 0.1) is 0 Å². The highest BCUT2D eigenvalue weighted by atomic mass is 19.4. The molecule has 1 fully saturated rings. The number of amides is 1. The van der Waals surface area contributed by atoms with Crippen molar-refractivity contribution in [1.82, 2.24) is 4.90 Å². The lowest BCUT2D eigenvalue weighted by atomic mass is 10.0. The van der Waals surface area contributed by atoms with Gasteiger partial charge in [-0.2, -0.15) is 13.2 Å². The van der Waals surface area contributed by atoms with Crippen LogP contribution in [0.15, 0.2) is 30.3 Å². The van der Waals surface area contributed by atoms with E-state index in [1.807, 2.05) is 30.3 Å². The van der Waals surface area contributed by atoms with Crippen molar-refractivity contribution in [1.29, 1.82) is 0 Å². The van der Waals surface area contributed by atoms with Gasteiger partial charge in [-0.1, -0.05) is 30.3 Å². The first-order valence-electron chi connectivity index (χ1n) is 5.82. The molecule has 1 aromatic carbocycles. The van der Waals surface area contributed by atoms with E-state index in [2.05, 4.69) is 0 Å². The molecule has 0 N–H and O–H groups in total. The molecule has 0 aliphatic carbocycles. The van der Waals surface area contributed by atoms with Crippen LogP contribution < -0.4 is 0 Å². The third-order valence-electron chi connectivity index (χ3n) is 3.03. The Bertz CT molecular complexity index is 416. The molecule has 0 spiro atoms. The van der Waals surface area contributed by atoms with Crippen LogP contribution in [-0.2, 0) is 11.3 Å². The second-order valence-electron chi connectivity index (χ2n) is 4.65. The van der Waals surface area contributed by atoms with E-state index in [1.54, 1.807) is 0 Å². The van der Waals surface area contributed by atoms with E-state index < -0.39 is 18.5 Å². The van der Waals surface area contributed by atoms with Crippen molar-refractivity contribution in [3.8, 4) is 0 Å². The Hall–Kier alpha value is -1.52. The topological polar surface area (TPSA) is 20.3 Å². The van der Waals surface area contributed by atoms with E-state index in [-0.39, 0.29) is 18.9 Å². The van der Waals surface area contributed by atoms with Crippen LogP contribution in [0.25, 0.3) is 0 Å². The molecule has 1 heterocycles. The van der Waals surface area contributed by atoms with Crippen LogP contribution in [0.2, 0.25) is 0 Å². The molecule has 1 unspecified atom stereocenters. The highest BCUT2D eigenvalue weighted by Gasteiger charge is 2.38. The Kier molecular flexibility index (Phi) is 3.59. The Morgan fingerprint density at radius 3 is 2.50 bits per heavy atom. The summed E-state index contributed by atoms with van der Waals surface area (Å²) < 4.78 is 36.8. The van der Waals surface area contributed by atoms with Gasteiger partial charge in [-0.3, -0.25) is 4.79 Å². The summed E-state index contributed by atoms with van der Waals surface area (Å²) in [6, 6.07) is 9.29. The Morgan fingerprint density at radius 1 is 1.22 bits per heavy atom. The number of hydrogen-bond donors (Lipinski definition) is 0. The summed E-state index contributed by atoms with van der Waals surface area (Å²) in [5, 5.41) is 0. The number of carbonyl (C=O) groups is 1. The zero-order valence-corrected chi connectivity index (χ0v) is 9.78. The summed E-state index contributed by atoms with van der Waals surface area (Å²) in [5.41, 5.74) is 0.943. The van der Waals surface area contributed by atoms with Crippen LogP contribution in [0.5, 0.6) is 0 Å². The van der Waals surface area contributed by atoms with Crippen molar-refractivity contribution >= 4 is 5.91 Å². The molecule has 0 bridgehead atoms. The van der Waals surface area contributed by atoms with E-state index in [0.29, 0.717) is 6.54 Å². The van der Waals surface area contributed by atoms with Crippen molar-refractivity contribution in [2.24, 2.45) is 5.92 Å². The van der Waals surface area contributed by atoms with Crippen molar-refractivity contribution in [2.75, 3.05) is 6.54 Å². The molecule has 1 atom stereocenters. The van der Waals surface area contributed by atoms with Gasteiger partial charge in [-0.15, -0.1) is 0 Å². The van der Waals surface area contributed by atoms with Gasteiger partial charge in [-0.25, -0.2) is 0 Å². The number of nitrogens with zero attached hydrogens (tertiary/aromatic N) is 1. The molecule has 1 aliphatic rings. The van der Waals surface area contributed by atoms with E-state index in [0.717, 1.165) is 5.56 Å². The minimum absolute atomic E-state index is 0.00629. The number of hydrogen-bond acceptors (Lipinski definition) is 1. The average molecular weight is 257 g/mol. The summed E-state index contributed by atoms with van der Waals surface area (Å²) in [4.78, 5) is 13.1. The summed E-state index contributed by atoms with van der Waals surface area (Å²) in [6.45, 7) is 0.598. The molecule has 1 saturated heterocycles. The van der Waals surface area contributed by atoms with Crippen LogP contribution in [0.4, 0.5) is 13.2 Å². The molecule has 98 valence electrons. The first-order chi connectivity index (χ1) is 8.44. The lowest BCUT2D eigenvalue weighted by Crippen LogP contribution is -2.25. The molecular formula is C13H14F3NO. The first kappa shape index (κ1) is 12.9. The molecule has 2 nitrogen and oxygen atoms in total. The zero-order chi connectivity index (χ0) is 13.2. The average Bonchev–Trinajstić information content (AvgIpc) is 2.58. The van der Waals surface area contributed by atoms with Gasteiger partial charge in [0.2, 0.25) is 5.91 Å². The van der Waals surface area contributed by atoms with Crippen LogP contribution in [0.3, 0.4) is 0 Å². The smallest absolute Gasteiger partial charge is 0.338 e. The maximum atomic E-state index is 12.3. The molecule has 18 heavy (non-hydrogen) atoms. The zero-order valence-electron chi connectivity index (χ0n) is 9.78. The molecule has 0 radical (unpaired) electrons. The predicted octanol–water partition coefficient (Wildman–Crippen LogP) is 2.99. The SMILES string of the molecule is O=C1CC(CC(F)(F)F)CN1Cc1ccccc1. The predicted molar refractivity (Wildman–Crippen MR) is 60.6 cm³/mol. The van der Waals surface area contributed by atoms with Gasteiger partial charge in [0.25, 0.3) is 0 Å². The monoisotopic (exact) mass is 257 g/mol. The lowest BCUT2D eigenvalue weighted by molar-refractivity contribution is -0.143. The largest absolute Gasteiger partial charge is 0.389 e. The van der Waals surface area contributed by atoms with Gasteiger partial charge in [0, 0.05) is 25.9 Å². The molecular weight excluding hydrogens is 243 g/mol. The first-order valence-corrected chi connectivity index (χ1v) is 5.82. The fourth-order valence-electron chi connectivity index (χ4n) is 2.27. The van der Waals surface area contributed by atoms with Crippen LogP contribution in [0, 0.1) is 5.92 Å². The molecule has 2 rings (SSSR count). The normalized spacial score (nSPS) is 20.5. The van der Waals surface area contributed by atoms with Crippen LogP contribution in [0.1, 0.15) is 18.4 Å². The number of alkyl halides is 3. The van der Waals surface area contributed by atoms with Gasteiger partial charge < -0.3 is 4.90 Å². The van der Waals surface area contributed by atoms with Crippen LogP contribution in [-0.4, -0.2) is 23.5 Å². The van der Waals surface area contributed by atoms with Crippen LogP contribution >= 0.6 is 0 Å². The van der Waals surface area contributed by atoms with Crippen molar-refractivity contribution < 1.29 is 18.0 Å². The second-order valence-corrected chi connectivity index (χ2v) is 4.65. The number of likely N-dealkylation sites (tertiary alicyclic amines) is 1. The third kappa shape index (κ3) is 3.48. The molecule has 0 saturated carbocycles. The number of halogens is 3. The standard InChI is InChI=1S/C13H14F3NO/c14-13(15,16)7-11-6-12(18)17(9-11)8-10-4-2-1-3-5-10/h1-5,11H,6-9H2. The van der Waals surface area contributed by atoms with E-state index in [4.69, 9.17) is 0 Å². The Labute approximate surface area is 103 Å². The summed E-state index contributed by atoms with van der Waals surface area (Å²) in [5.74, 6) is -0.783. The van der Waals surface area contributed by atoms with Gasteiger partial charge in [0.1, 0.15) is 0 Å². The second kappa shape index (κ2) is 5.00. The lowest BCUT2D eigenvalue weighted by Gasteiger charge is -2.17. The highest BCUT2D eigenvalue weighted by molar-refractivity contribution is 5.78. The van der Waals surface area contributed by atoms with E-state index in [1.165, 1.54) is 4.90 Å². The molecule has 0 aromatic heterocycles. The van der Waals surface area contributed by atoms with Gasteiger partial charge in [-0.05, 0) is 11.5 Å². The number of carbonyl (C=O) groups excluding carboxylic acids is 1. The fraction of sp³-hybridized carbons (Fsp3) is 0.462. The van der Waals surface area contributed by atoms with E-state index >= 15 is 0 Å². The minimum atomic E-state index is -4.19. The van der Waals surface area contributed by atoms with Gasteiger partial charge >= 0.3 is 6.18 Å². The van der Waals surface area contributed by atoms with Crippen molar-refractivity contribution in [3.63, 3.8) is 0 Å². The van der Waals surface area contributed by atoms with Crippen molar-refractivity contribution in [3.05, 3.63) is 35.9 Å². The van der Waals surface area contributed by atoms with Gasteiger partial charge in [0.15, 0.2) is 0 Å². The highest BCUT2D eigenvalue weighted by Crippen LogP contribution is 2.31. The summed E-state index contributed by atoms with van der Waals surface area (Å²) in [7, 11) is 0. The molecule has 5 heteroatoms.